The molecule has 1 saturated carbocycles. The van der Waals surface area contributed by atoms with Gasteiger partial charge in [0.05, 0.1) is 6.17 Å². The molecular formula is C20H31N3O. The molecule has 1 unspecified atom stereocenters. The summed E-state index contributed by atoms with van der Waals surface area (Å²) in [5.74, 6) is 0.433. The minimum Gasteiger partial charge on any atom is -0.369 e. The highest BCUT2D eigenvalue weighted by atomic mass is 16.1. The highest BCUT2D eigenvalue weighted by Crippen LogP contribution is 2.18. The molecule has 1 aromatic rings. The van der Waals surface area contributed by atoms with Crippen LogP contribution in [0.25, 0.3) is 0 Å². The van der Waals surface area contributed by atoms with E-state index in [-0.39, 0.29) is 0 Å². The summed E-state index contributed by atoms with van der Waals surface area (Å²) in [6, 6.07) is 11.2. The number of benzene rings is 1. The van der Waals surface area contributed by atoms with Crippen molar-refractivity contribution in [3.63, 3.8) is 0 Å². The second-order valence-electron chi connectivity index (χ2n) is 6.51. The fourth-order valence-electron chi connectivity index (χ4n) is 3.56. The van der Waals surface area contributed by atoms with E-state index in [1.807, 2.05) is 0 Å². The summed E-state index contributed by atoms with van der Waals surface area (Å²) in [5.41, 5.74) is 1.33. The zero-order chi connectivity index (χ0) is 17.4. The number of Topliss-reactive ketones (excluding diaryl/α,β-unsaturated/α-hetero) is 1. The van der Waals surface area contributed by atoms with Gasteiger partial charge >= 0.3 is 0 Å². The molecule has 0 amide bonds. The van der Waals surface area contributed by atoms with E-state index in [1.165, 1.54) is 5.69 Å². The number of nitrogens with one attached hydrogen (secondary N) is 1. The SMILES string of the molecule is C=C.CC(NC1CCC(=O)CC1)N1CCN(c2ccccc2)CC1. The molecule has 1 atom stereocenters. The van der Waals surface area contributed by atoms with E-state index in [9.17, 15) is 4.79 Å². The Kier molecular flexibility index (Phi) is 7.47. The van der Waals surface area contributed by atoms with Crippen LogP contribution in [0.3, 0.4) is 0 Å². The Balaban J connectivity index is 0.00000100. The molecule has 24 heavy (non-hydrogen) atoms. The van der Waals surface area contributed by atoms with Crippen molar-refractivity contribution in [3.8, 4) is 0 Å². The zero-order valence-electron chi connectivity index (χ0n) is 14.9. The van der Waals surface area contributed by atoms with Gasteiger partial charge in [0, 0.05) is 50.7 Å². The second kappa shape index (κ2) is 9.60. The summed E-state index contributed by atoms with van der Waals surface area (Å²) in [6.07, 6.45) is 3.93. The Morgan fingerprint density at radius 3 is 2.21 bits per heavy atom. The Labute approximate surface area is 146 Å². The molecule has 2 aliphatic rings. The van der Waals surface area contributed by atoms with Crippen LogP contribution in [-0.2, 0) is 4.79 Å². The lowest BCUT2D eigenvalue weighted by Gasteiger charge is -2.40. The van der Waals surface area contributed by atoms with Crippen LogP contribution >= 0.6 is 0 Å². The van der Waals surface area contributed by atoms with Crippen molar-refractivity contribution in [2.45, 2.75) is 44.8 Å². The van der Waals surface area contributed by atoms with Crippen molar-refractivity contribution in [2.24, 2.45) is 0 Å². The van der Waals surface area contributed by atoms with Crippen LogP contribution in [0.1, 0.15) is 32.6 Å². The molecule has 1 N–H and O–H groups in total. The van der Waals surface area contributed by atoms with Crippen molar-refractivity contribution < 1.29 is 4.79 Å². The fraction of sp³-hybridized carbons (Fsp3) is 0.550. The van der Waals surface area contributed by atoms with Gasteiger partial charge in [0.25, 0.3) is 0 Å². The monoisotopic (exact) mass is 329 g/mol. The minimum absolute atomic E-state index is 0.399. The predicted molar refractivity (Wildman–Crippen MR) is 101 cm³/mol. The van der Waals surface area contributed by atoms with Crippen LogP contribution in [0.15, 0.2) is 43.5 Å². The maximum Gasteiger partial charge on any atom is 0.133 e. The molecule has 132 valence electrons. The lowest BCUT2D eigenvalue weighted by molar-refractivity contribution is -0.120. The van der Waals surface area contributed by atoms with Crippen LogP contribution in [0.4, 0.5) is 5.69 Å². The normalized spacial score (nSPS) is 21.0. The van der Waals surface area contributed by atoms with Crippen molar-refractivity contribution in [2.75, 3.05) is 31.1 Å². The maximum atomic E-state index is 11.3. The molecule has 0 aromatic heterocycles. The highest BCUT2D eigenvalue weighted by molar-refractivity contribution is 5.79. The molecule has 1 aliphatic carbocycles. The molecule has 0 radical (unpaired) electrons. The third-order valence-electron chi connectivity index (χ3n) is 5.00. The summed E-state index contributed by atoms with van der Waals surface area (Å²) in [4.78, 5) is 16.3. The lowest BCUT2D eigenvalue weighted by atomic mass is 9.94. The summed E-state index contributed by atoms with van der Waals surface area (Å²) in [5, 5.41) is 3.72. The van der Waals surface area contributed by atoms with Crippen molar-refractivity contribution in [3.05, 3.63) is 43.5 Å². The smallest absolute Gasteiger partial charge is 0.133 e. The number of hydrogen-bond acceptors (Lipinski definition) is 4. The number of para-hydroxylation sites is 1. The van der Waals surface area contributed by atoms with Gasteiger partial charge in [-0.25, -0.2) is 0 Å². The standard InChI is InChI=1S/C18H27N3O.C2H4/c1-15(19-16-7-9-18(22)10-8-16)20-11-13-21(14-12-20)17-5-3-2-4-6-17;1-2/h2-6,15-16,19H,7-14H2,1H3;1-2H2. The molecule has 0 spiro atoms. The zero-order valence-corrected chi connectivity index (χ0v) is 14.9. The molecule has 4 heteroatoms. The molecule has 1 heterocycles. The minimum atomic E-state index is 0.399. The number of ketones is 1. The number of anilines is 1. The van der Waals surface area contributed by atoms with E-state index >= 15 is 0 Å². The van der Waals surface area contributed by atoms with Gasteiger partial charge in [-0.15, -0.1) is 13.2 Å². The lowest BCUT2D eigenvalue weighted by Crippen LogP contribution is -2.55. The van der Waals surface area contributed by atoms with Gasteiger partial charge in [-0.1, -0.05) is 18.2 Å². The van der Waals surface area contributed by atoms with Crippen LogP contribution in [0, 0.1) is 0 Å². The Morgan fingerprint density at radius 1 is 1.04 bits per heavy atom. The number of carbonyl (C=O) groups is 1. The van der Waals surface area contributed by atoms with Crippen LogP contribution in [-0.4, -0.2) is 49.1 Å². The summed E-state index contributed by atoms with van der Waals surface area (Å²) >= 11 is 0. The maximum absolute atomic E-state index is 11.3. The van der Waals surface area contributed by atoms with Gasteiger partial charge in [-0.05, 0) is 31.9 Å². The van der Waals surface area contributed by atoms with E-state index in [0.29, 0.717) is 18.0 Å². The third kappa shape index (κ3) is 5.18. The quantitative estimate of drug-likeness (QED) is 0.861. The summed E-state index contributed by atoms with van der Waals surface area (Å²) in [6.45, 7) is 12.6. The van der Waals surface area contributed by atoms with Crippen molar-refractivity contribution in [1.82, 2.24) is 10.2 Å². The van der Waals surface area contributed by atoms with Gasteiger partial charge in [0.15, 0.2) is 0 Å². The van der Waals surface area contributed by atoms with Gasteiger partial charge in [0.1, 0.15) is 5.78 Å². The summed E-state index contributed by atoms with van der Waals surface area (Å²) < 4.78 is 0. The van der Waals surface area contributed by atoms with E-state index in [0.717, 1.165) is 51.9 Å². The van der Waals surface area contributed by atoms with Crippen LogP contribution in [0.2, 0.25) is 0 Å². The van der Waals surface area contributed by atoms with E-state index < -0.39 is 0 Å². The number of hydrogen-bond donors (Lipinski definition) is 1. The fourth-order valence-corrected chi connectivity index (χ4v) is 3.56. The molecule has 1 aromatic carbocycles. The molecule has 2 fully saturated rings. The Bertz CT molecular complexity index is 487. The molecule has 1 saturated heterocycles. The van der Waals surface area contributed by atoms with Gasteiger partial charge < -0.3 is 4.90 Å². The number of piperazine rings is 1. The average Bonchev–Trinajstić information content (AvgIpc) is 2.66. The number of nitrogens with zero attached hydrogens (tertiary/aromatic N) is 2. The second-order valence-corrected chi connectivity index (χ2v) is 6.51. The largest absolute Gasteiger partial charge is 0.369 e. The van der Waals surface area contributed by atoms with Gasteiger partial charge in [-0.3, -0.25) is 15.0 Å². The summed E-state index contributed by atoms with van der Waals surface area (Å²) in [7, 11) is 0. The van der Waals surface area contributed by atoms with Crippen molar-refractivity contribution >= 4 is 11.5 Å². The number of carbonyl (C=O) groups excluding carboxylic acids is 1. The predicted octanol–water partition coefficient (Wildman–Crippen LogP) is 3.06. The van der Waals surface area contributed by atoms with Crippen LogP contribution < -0.4 is 10.2 Å². The molecule has 0 bridgehead atoms. The molecule has 4 nitrogen and oxygen atoms in total. The average molecular weight is 329 g/mol. The third-order valence-corrected chi connectivity index (χ3v) is 5.00. The van der Waals surface area contributed by atoms with Gasteiger partial charge in [-0.2, -0.15) is 0 Å². The molecular weight excluding hydrogens is 298 g/mol. The Morgan fingerprint density at radius 2 is 1.62 bits per heavy atom. The van der Waals surface area contributed by atoms with E-state index in [1.54, 1.807) is 0 Å². The van der Waals surface area contributed by atoms with Crippen molar-refractivity contribution in [1.29, 1.82) is 0 Å². The first kappa shape index (κ1) is 18.7. The first-order valence-corrected chi connectivity index (χ1v) is 9.04. The number of rotatable bonds is 4. The highest BCUT2D eigenvalue weighted by Gasteiger charge is 2.25. The Hall–Kier alpha value is -1.65. The van der Waals surface area contributed by atoms with E-state index in [2.05, 4.69) is 65.5 Å². The van der Waals surface area contributed by atoms with Crippen LogP contribution in [0.5, 0.6) is 0 Å². The first-order chi connectivity index (χ1) is 11.7. The first-order valence-electron chi connectivity index (χ1n) is 9.04. The van der Waals surface area contributed by atoms with Gasteiger partial charge in [0.2, 0.25) is 0 Å². The van der Waals surface area contributed by atoms with E-state index in [4.69, 9.17) is 0 Å². The molecule has 1 aliphatic heterocycles. The topological polar surface area (TPSA) is 35.6 Å². The molecule has 3 rings (SSSR count).